The Morgan fingerprint density at radius 3 is 2.58 bits per heavy atom. The number of halogens is 5. The predicted molar refractivity (Wildman–Crippen MR) is 150 cm³/mol. The fraction of sp³-hybridized carbons (Fsp3) is 0.179. The summed E-state index contributed by atoms with van der Waals surface area (Å²) in [4.78, 5) is 34.7. The van der Waals surface area contributed by atoms with Crippen molar-refractivity contribution in [3.05, 3.63) is 89.8 Å². The van der Waals surface area contributed by atoms with Gasteiger partial charge in [0.2, 0.25) is 5.91 Å². The summed E-state index contributed by atoms with van der Waals surface area (Å²) in [7, 11) is 0. The molecule has 0 bridgehead atoms. The van der Waals surface area contributed by atoms with Crippen molar-refractivity contribution in [2.24, 2.45) is 4.99 Å². The van der Waals surface area contributed by atoms with Crippen LogP contribution in [0.1, 0.15) is 11.1 Å². The molecule has 43 heavy (non-hydrogen) atoms. The van der Waals surface area contributed by atoms with Gasteiger partial charge in [0.25, 0.3) is 0 Å². The number of nitrogens with zero attached hydrogens (tertiary/aromatic N) is 5. The number of amides is 3. The Hall–Kier alpha value is -4.63. The number of alkyl halides is 3. The van der Waals surface area contributed by atoms with Crippen molar-refractivity contribution in [2.75, 3.05) is 22.6 Å². The van der Waals surface area contributed by atoms with Crippen molar-refractivity contribution in [3.8, 4) is 17.1 Å². The molecule has 0 unspecified atom stereocenters. The number of ether oxygens (including phenoxy) is 1. The molecule has 3 amide bonds. The monoisotopic (exact) mass is 616 g/mol. The van der Waals surface area contributed by atoms with E-state index in [1.54, 1.807) is 19.1 Å². The molecule has 0 spiro atoms. The second-order valence-corrected chi connectivity index (χ2v) is 10.2. The number of aryl methyl sites for hydroxylation is 1. The van der Waals surface area contributed by atoms with Crippen molar-refractivity contribution in [2.45, 2.75) is 19.7 Å². The average molecular weight is 617 g/mol. The van der Waals surface area contributed by atoms with Crippen LogP contribution >= 0.6 is 11.8 Å². The van der Waals surface area contributed by atoms with Crippen LogP contribution in [0.2, 0.25) is 0 Å². The molecule has 9 nitrogen and oxygen atoms in total. The van der Waals surface area contributed by atoms with Crippen molar-refractivity contribution in [1.82, 2.24) is 14.8 Å². The second kappa shape index (κ2) is 12.3. The molecule has 2 heterocycles. The smallest absolute Gasteiger partial charge is 0.367 e. The largest absolute Gasteiger partial charge is 0.411 e. The van der Waals surface area contributed by atoms with Crippen molar-refractivity contribution in [3.63, 3.8) is 0 Å². The lowest BCUT2D eigenvalue weighted by Gasteiger charge is -2.21. The van der Waals surface area contributed by atoms with Crippen LogP contribution in [0.5, 0.6) is 0 Å². The summed E-state index contributed by atoms with van der Waals surface area (Å²) in [5, 5.41) is 6.57. The Balaban J connectivity index is 1.32. The van der Waals surface area contributed by atoms with Crippen LogP contribution in [-0.2, 0) is 16.1 Å². The molecule has 1 fully saturated rings. The van der Waals surface area contributed by atoms with Crippen molar-refractivity contribution in [1.29, 1.82) is 0 Å². The number of aromatic nitrogens is 3. The first-order chi connectivity index (χ1) is 20.5. The third kappa shape index (κ3) is 7.24. The fourth-order valence-corrected chi connectivity index (χ4v) is 4.92. The van der Waals surface area contributed by atoms with Gasteiger partial charge in [-0.1, -0.05) is 23.9 Å². The lowest BCUT2D eigenvalue weighted by molar-refractivity contribution is -0.176. The molecular formula is C28H21F5N6O3S. The highest BCUT2D eigenvalue weighted by Crippen LogP contribution is 2.32. The van der Waals surface area contributed by atoms with Gasteiger partial charge in [-0.3, -0.25) is 9.69 Å². The Morgan fingerprint density at radius 2 is 1.86 bits per heavy atom. The van der Waals surface area contributed by atoms with Crippen LogP contribution in [-0.4, -0.2) is 50.4 Å². The minimum Gasteiger partial charge on any atom is -0.367 e. The second-order valence-electron chi connectivity index (χ2n) is 9.27. The molecule has 4 aromatic rings. The van der Waals surface area contributed by atoms with Gasteiger partial charge in [0.15, 0.2) is 11.0 Å². The fourth-order valence-electron chi connectivity index (χ4n) is 4.06. The summed E-state index contributed by atoms with van der Waals surface area (Å²) < 4.78 is 72.1. The molecule has 1 N–H and O–H groups in total. The van der Waals surface area contributed by atoms with Gasteiger partial charge in [0.05, 0.1) is 29.4 Å². The van der Waals surface area contributed by atoms with Gasteiger partial charge >= 0.3 is 12.2 Å². The maximum Gasteiger partial charge on any atom is 0.411 e. The Bertz CT molecular complexity index is 1710. The standard InChI is InChI=1S/C28H21F5N6O3S/c1-16-2-3-18(12-42-14-28(31,32)33)23(10-16)39-24(40)13-43-27(39)36-26(41)35-22-9-4-17(11-21(22)30)25-34-15-38(37-25)20-7-5-19(29)6-8-20/h2-11,15H,12-14H2,1H3,(H,35,41)/b36-27-. The summed E-state index contributed by atoms with van der Waals surface area (Å²) in [5.74, 6) is -1.54. The van der Waals surface area contributed by atoms with Crippen LogP contribution in [0.4, 0.5) is 38.1 Å². The maximum atomic E-state index is 15.0. The summed E-state index contributed by atoms with van der Waals surface area (Å²) in [6.45, 7) is -0.170. The number of nitrogens with one attached hydrogen (secondary N) is 1. The molecule has 0 aliphatic carbocycles. The van der Waals surface area contributed by atoms with Crippen molar-refractivity contribution < 1.29 is 36.3 Å². The third-order valence-corrected chi connectivity index (χ3v) is 6.94. The van der Waals surface area contributed by atoms with Crippen LogP contribution in [0.3, 0.4) is 0 Å². The number of carbonyl (C=O) groups excluding carboxylic acids is 2. The molecule has 0 saturated carbocycles. The first-order valence-corrected chi connectivity index (χ1v) is 13.5. The summed E-state index contributed by atoms with van der Waals surface area (Å²) >= 11 is 0.951. The number of aliphatic imine (C=N–C) groups is 1. The van der Waals surface area contributed by atoms with E-state index < -0.39 is 43.0 Å². The van der Waals surface area contributed by atoms with E-state index in [-0.39, 0.29) is 33.7 Å². The van der Waals surface area contributed by atoms with Crippen LogP contribution in [0, 0.1) is 18.6 Å². The Kier molecular flexibility index (Phi) is 8.54. The summed E-state index contributed by atoms with van der Waals surface area (Å²) in [6.07, 6.45) is -3.13. The molecule has 5 rings (SSSR count). The number of hydrogen-bond donors (Lipinski definition) is 1. The van der Waals surface area contributed by atoms with E-state index in [1.165, 1.54) is 53.5 Å². The minimum atomic E-state index is -4.52. The van der Waals surface area contributed by atoms with Gasteiger partial charge in [-0.25, -0.2) is 23.2 Å². The number of carbonyl (C=O) groups is 2. The van der Waals surface area contributed by atoms with Crippen LogP contribution in [0.15, 0.2) is 72.0 Å². The molecule has 1 aliphatic rings. The van der Waals surface area contributed by atoms with E-state index >= 15 is 0 Å². The topological polar surface area (TPSA) is 102 Å². The molecule has 1 aliphatic heterocycles. The SMILES string of the molecule is Cc1ccc(COCC(F)(F)F)c(N2C(=O)CS/C2=N\C(=O)Nc2ccc(-c3ncn(-c4ccc(F)cc4)n3)cc2F)c1. The van der Waals surface area contributed by atoms with Crippen molar-refractivity contribution >= 4 is 40.2 Å². The molecule has 15 heteroatoms. The van der Waals surface area contributed by atoms with Gasteiger partial charge in [-0.05, 0) is 61.0 Å². The normalized spacial score (nSPS) is 14.5. The van der Waals surface area contributed by atoms with Gasteiger partial charge < -0.3 is 10.1 Å². The number of hydrogen-bond acceptors (Lipinski definition) is 6. The lowest BCUT2D eigenvalue weighted by Crippen LogP contribution is -2.31. The highest BCUT2D eigenvalue weighted by Gasteiger charge is 2.33. The number of anilines is 2. The van der Waals surface area contributed by atoms with Crippen LogP contribution in [0.25, 0.3) is 17.1 Å². The van der Waals surface area contributed by atoms with E-state index in [4.69, 9.17) is 4.74 Å². The van der Waals surface area contributed by atoms with E-state index in [0.717, 1.165) is 22.7 Å². The third-order valence-electron chi connectivity index (χ3n) is 6.02. The van der Waals surface area contributed by atoms with Gasteiger partial charge in [0, 0.05) is 11.1 Å². The summed E-state index contributed by atoms with van der Waals surface area (Å²) in [5.41, 5.74) is 1.89. The Labute approximate surface area is 245 Å². The first kappa shape index (κ1) is 29.8. The zero-order valence-corrected chi connectivity index (χ0v) is 23.0. The minimum absolute atomic E-state index is 0.0299. The number of thioether (sulfide) groups is 1. The highest BCUT2D eigenvalue weighted by molar-refractivity contribution is 8.15. The first-order valence-electron chi connectivity index (χ1n) is 12.5. The quantitative estimate of drug-likeness (QED) is 0.246. The van der Waals surface area contributed by atoms with E-state index in [0.29, 0.717) is 16.8 Å². The highest BCUT2D eigenvalue weighted by atomic mass is 32.2. The predicted octanol–water partition coefficient (Wildman–Crippen LogP) is 6.27. The number of amidine groups is 1. The maximum absolute atomic E-state index is 15.0. The van der Waals surface area contributed by atoms with Crippen LogP contribution < -0.4 is 10.2 Å². The zero-order chi connectivity index (χ0) is 30.7. The van der Waals surface area contributed by atoms with Gasteiger partial charge in [-0.15, -0.1) is 5.10 Å². The van der Waals surface area contributed by atoms with Gasteiger partial charge in [0.1, 0.15) is 24.6 Å². The molecule has 1 aromatic heterocycles. The molecular weight excluding hydrogens is 595 g/mol. The molecule has 1 saturated heterocycles. The van der Waals surface area contributed by atoms with Gasteiger partial charge in [-0.2, -0.15) is 18.2 Å². The molecule has 3 aromatic carbocycles. The zero-order valence-electron chi connectivity index (χ0n) is 22.2. The number of rotatable bonds is 7. The van der Waals surface area contributed by atoms with E-state index in [1.807, 2.05) is 0 Å². The molecule has 0 radical (unpaired) electrons. The molecule has 222 valence electrons. The van der Waals surface area contributed by atoms with E-state index in [2.05, 4.69) is 20.4 Å². The Morgan fingerprint density at radius 1 is 1.09 bits per heavy atom. The molecule has 0 atom stereocenters. The lowest BCUT2D eigenvalue weighted by atomic mass is 10.1. The average Bonchev–Trinajstić information content (AvgIpc) is 3.57. The van der Waals surface area contributed by atoms with E-state index in [9.17, 15) is 31.5 Å². The number of benzene rings is 3. The number of urea groups is 1. The summed E-state index contributed by atoms with van der Waals surface area (Å²) in [6, 6.07) is 13.2.